The Kier molecular flexibility index (Phi) is 2.75. The Morgan fingerprint density at radius 3 is 2.60 bits per heavy atom. The summed E-state index contributed by atoms with van der Waals surface area (Å²) in [6.45, 7) is 0. The van der Waals surface area contributed by atoms with Crippen molar-refractivity contribution in [3.8, 4) is 6.07 Å². The first kappa shape index (κ1) is 10.8. The fourth-order valence-electron chi connectivity index (χ4n) is 1.02. The first-order chi connectivity index (χ1) is 6.99. The second-order valence-electron chi connectivity index (χ2n) is 2.46. The highest BCUT2D eigenvalue weighted by molar-refractivity contribution is 5.48. The van der Waals surface area contributed by atoms with Crippen molar-refractivity contribution in [1.29, 1.82) is 5.26 Å². The molecule has 15 heavy (non-hydrogen) atoms. The summed E-state index contributed by atoms with van der Waals surface area (Å²) in [7, 11) is 0. The molecule has 0 aliphatic carbocycles. The molecule has 6 nitrogen and oxygen atoms in total. The molecule has 1 heterocycles. The van der Waals surface area contributed by atoms with Gasteiger partial charge in [0.05, 0.1) is 11.1 Å². The SMILES string of the molecule is N#Cc1c(C(F)F)c([N+](=O)[O-])c[nH]c1=O. The summed E-state index contributed by atoms with van der Waals surface area (Å²) in [6.07, 6.45) is -2.70. The van der Waals surface area contributed by atoms with Crippen LogP contribution in [-0.2, 0) is 0 Å². The number of pyridine rings is 1. The summed E-state index contributed by atoms with van der Waals surface area (Å²) in [6, 6.07) is 1.21. The maximum atomic E-state index is 12.4. The molecule has 0 saturated heterocycles. The van der Waals surface area contributed by atoms with Gasteiger partial charge in [0, 0.05) is 0 Å². The Balaban J connectivity index is 3.66. The van der Waals surface area contributed by atoms with E-state index in [4.69, 9.17) is 5.26 Å². The zero-order chi connectivity index (χ0) is 11.6. The molecule has 78 valence electrons. The molecule has 0 bridgehead atoms. The topological polar surface area (TPSA) is 99.8 Å². The van der Waals surface area contributed by atoms with E-state index in [2.05, 4.69) is 0 Å². The number of hydrogen-bond donors (Lipinski definition) is 1. The van der Waals surface area contributed by atoms with Crippen molar-refractivity contribution < 1.29 is 13.7 Å². The second kappa shape index (κ2) is 3.83. The fraction of sp³-hybridized carbons (Fsp3) is 0.143. The smallest absolute Gasteiger partial charge is 0.295 e. The minimum Gasteiger partial charge on any atom is -0.322 e. The van der Waals surface area contributed by atoms with Crippen molar-refractivity contribution in [3.05, 3.63) is 37.8 Å². The number of aromatic nitrogens is 1. The second-order valence-corrected chi connectivity index (χ2v) is 2.46. The van der Waals surface area contributed by atoms with Gasteiger partial charge < -0.3 is 4.98 Å². The Morgan fingerprint density at radius 2 is 2.20 bits per heavy atom. The van der Waals surface area contributed by atoms with Crippen LogP contribution in [0.2, 0.25) is 0 Å². The Labute approximate surface area is 80.9 Å². The van der Waals surface area contributed by atoms with Crippen LogP contribution < -0.4 is 5.56 Å². The highest BCUT2D eigenvalue weighted by Crippen LogP contribution is 2.28. The molecular formula is C7H3F2N3O3. The van der Waals surface area contributed by atoms with Gasteiger partial charge in [-0.25, -0.2) is 8.78 Å². The predicted octanol–water partition coefficient (Wildman–Crippen LogP) is 1.09. The molecule has 1 rings (SSSR count). The van der Waals surface area contributed by atoms with Gasteiger partial charge in [0.1, 0.15) is 17.2 Å². The minimum absolute atomic E-state index is 0.546. The molecule has 0 atom stereocenters. The van der Waals surface area contributed by atoms with Crippen LogP contribution >= 0.6 is 0 Å². The van der Waals surface area contributed by atoms with E-state index in [0.29, 0.717) is 6.20 Å². The number of alkyl halides is 2. The van der Waals surface area contributed by atoms with E-state index < -0.39 is 33.7 Å². The van der Waals surface area contributed by atoms with Crippen molar-refractivity contribution >= 4 is 5.69 Å². The third-order valence-corrected chi connectivity index (χ3v) is 1.64. The van der Waals surface area contributed by atoms with E-state index in [9.17, 15) is 23.7 Å². The monoisotopic (exact) mass is 215 g/mol. The zero-order valence-electron chi connectivity index (χ0n) is 7.03. The lowest BCUT2D eigenvalue weighted by atomic mass is 10.1. The van der Waals surface area contributed by atoms with Crippen LogP contribution in [0.15, 0.2) is 11.0 Å². The molecule has 0 amide bonds. The summed E-state index contributed by atoms with van der Waals surface area (Å²) < 4.78 is 24.8. The molecular weight excluding hydrogens is 212 g/mol. The number of nitriles is 1. The van der Waals surface area contributed by atoms with Crippen LogP contribution in [0.5, 0.6) is 0 Å². The molecule has 0 aromatic carbocycles. The molecule has 8 heteroatoms. The number of halogens is 2. The standard InChI is InChI=1S/C7H3F2N3O3/c8-6(9)5-3(1-10)7(13)11-2-4(5)12(14)15/h2,6H,(H,11,13). The van der Waals surface area contributed by atoms with Crippen molar-refractivity contribution in [1.82, 2.24) is 4.98 Å². The van der Waals surface area contributed by atoms with Crippen molar-refractivity contribution in [2.75, 3.05) is 0 Å². The van der Waals surface area contributed by atoms with Gasteiger partial charge in [0.2, 0.25) is 0 Å². The summed E-state index contributed by atoms with van der Waals surface area (Å²) in [4.78, 5) is 22.0. The summed E-state index contributed by atoms with van der Waals surface area (Å²) in [5.74, 6) is 0. The van der Waals surface area contributed by atoms with Crippen LogP contribution in [0, 0.1) is 21.4 Å². The normalized spacial score (nSPS) is 10.0. The van der Waals surface area contributed by atoms with Gasteiger partial charge in [0.15, 0.2) is 0 Å². The number of aromatic amines is 1. The van der Waals surface area contributed by atoms with E-state index in [0.717, 1.165) is 0 Å². The number of nitro groups is 1. The van der Waals surface area contributed by atoms with Crippen molar-refractivity contribution in [3.63, 3.8) is 0 Å². The highest BCUT2D eigenvalue weighted by Gasteiger charge is 2.27. The van der Waals surface area contributed by atoms with E-state index >= 15 is 0 Å². The van der Waals surface area contributed by atoms with Crippen LogP contribution in [0.1, 0.15) is 17.6 Å². The Bertz CT molecular complexity index is 503. The van der Waals surface area contributed by atoms with Gasteiger partial charge in [-0.1, -0.05) is 0 Å². The van der Waals surface area contributed by atoms with E-state index in [-0.39, 0.29) is 0 Å². The number of nitrogens with zero attached hydrogens (tertiary/aromatic N) is 2. The predicted molar refractivity (Wildman–Crippen MR) is 43.4 cm³/mol. The van der Waals surface area contributed by atoms with E-state index in [1.807, 2.05) is 4.98 Å². The third kappa shape index (κ3) is 1.80. The first-order valence-electron chi connectivity index (χ1n) is 3.57. The molecule has 1 N–H and O–H groups in total. The van der Waals surface area contributed by atoms with E-state index in [1.165, 1.54) is 6.07 Å². The van der Waals surface area contributed by atoms with Crippen LogP contribution in [0.4, 0.5) is 14.5 Å². The molecule has 0 fully saturated rings. The first-order valence-corrected chi connectivity index (χ1v) is 3.57. The maximum Gasteiger partial charge on any atom is 0.295 e. The van der Waals surface area contributed by atoms with Gasteiger partial charge >= 0.3 is 0 Å². The number of hydrogen-bond acceptors (Lipinski definition) is 4. The molecule has 0 spiro atoms. The number of H-pyrrole nitrogens is 1. The van der Waals surface area contributed by atoms with Crippen LogP contribution in [-0.4, -0.2) is 9.91 Å². The lowest BCUT2D eigenvalue weighted by Gasteiger charge is -2.01. The number of rotatable bonds is 2. The lowest BCUT2D eigenvalue weighted by Crippen LogP contribution is -2.15. The lowest BCUT2D eigenvalue weighted by molar-refractivity contribution is -0.386. The molecule has 1 aromatic heterocycles. The summed E-state index contributed by atoms with van der Waals surface area (Å²) >= 11 is 0. The summed E-state index contributed by atoms with van der Waals surface area (Å²) in [5, 5.41) is 18.8. The van der Waals surface area contributed by atoms with Gasteiger partial charge in [-0.15, -0.1) is 0 Å². The maximum absolute atomic E-state index is 12.4. The van der Waals surface area contributed by atoms with Gasteiger partial charge in [-0.05, 0) is 0 Å². The minimum atomic E-state index is -3.25. The van der Waals surface area contributed by atoms with Crippen LogP contribution in [0.3, 0.4) is 0 Å². The average Bonchev–Trinajstić information content (AvgIpc) is 2.16. The molecule has 0 unspecified atom stereocenters. The van der Waals surface area contributed by atoms with Crippen LogP contribution in [0.25, 0.3) is 0 Å². The molecule has 0 saturated carbocycles. The molecule has 0 radical (unpaired) electrons. The molecule has 0 aliphatic heterocycles. The Morgan fingerprint density at radius 1 is 1.60 bits per heavy atom. The zero-order valence-corrected chi connectivity index (χ0v) is 7.03. The highest BCUT2D eigenvalue weighted by atomic mass is 19.3. The van der Waals surface area contributed by atoms with Gasteiger partial charge in [0.25, 0.3) is 17.7 Å². The average molecular weight is 215 g/mol. The van der Waals surface area contributed by atoms with Crippen molar-refractivity contribution in [2.24, 2.45) is 0 Å². The fourth-order valence-corrected chi connectivity index (χ4v) is 1.02. The molecule has 0 aliphatic rings. The summed E-state index contributed by atoms with van der Waals surface area (Å²) in [5.41, 5.74) is -4.12. The van der Waals surface area contributed by atoms with Crippen molar-refractivity contribution in [2.45, 2.75) is 6.43 Å². The quantitative estimate of drug-likeness (QED) is 0.589. The van der Waals surface area contributed by atoms with Gasteiger partial charge in [-0.2, -0.15) is 5.26 Å². The largest absolute Gasteiger partial charge is 0.322 e. The third-order valence-electron chi connectivity index (χ3n) is 1.64. The van der Waals surface area contributed by atoms with Gasteiger partial charge in [-0.3, -0.25) is 14.9 Å². The van der Waals surface area contributed by atoms with E-state index in [1.54, 1.807) is 0 Å². The number of nitrogens with one attached hydrogen (secondary N) is 1. The molecule has 1 aromatic rings. The Hall–Kier alpha value is -2.30.